The molecule has 258 valence electrons. The molecule has 0 unspecified atom stereocenters. The van der Waals surface area contributed by atoms with Gasteiger partial charge in [-0.05, 0) is 68.8 Å². The van der Waals surface area contributed by atoms with E-state index < -0.39 is 0 Å². The zero-order valence-corrected chi connectivity index (χ0v) is 29.8. The lowest BCUT2D eigenvalue weighted by Gasteiger charge is -2.10. The van der Waals surface area contributed by atoms with E-state index in [1.807, 2.05) is 36.4 Å². The molecule has 0 N–H and O–H groups in total. The second-order valence-corrected chi connectivity index (χ2v) is 13.6. The highest BCUT2D eigenvalue weighted by Crippen LogP contribution is 2.38. The van der Waals surface area contributed by atoms with Crippen LogP contribution < -0.4 is 0 Å². The van der Waals surface area contributed by atoms with E-state index in [4.69, 9.17) is 19.4 Å². The molecule has 0 aliphatic rings. The monoisotopic (exact) mass is 703 g/mol. The van der Waals surface area contributed by atoms with Crippen LogP contribution in [0.4, 0.5) is 0 Å². The van der Waals surface area contributed by atoms with Crippen LogP contribution in [0, 0.1) is 0 Å². The van der Waals surface area contributed by atoms with Gasteiger partial charge in [-0.25, -0.2) is 15.0 Å². The molecule has 10 aromatic rings. The van der Waals surface area contributed by atoms with Gasteiger partial charge in [0, 0.05) is 27.5 Å². The second kappa shape index (κ2) is 13.8. The first-order valence-electron chi connectivity index (χ1n) is 18.4. The Morgan fingerprint density at radius 1 is 0.273 bits per heavy atom. The van der Waals surface area contributed by atoms with Gasteiger partial charge in [-0.3, -0.25) is 0 Å². The molecule has 2 aromatic heterocycles. The maximum Gasteiger partial charge on any atom is 0.164 e. The van der Waals surface area contributed by atoms with E-state index in [1.165, 1.54) is 11.1 Å². The predicted molar refractivity (Wildman–Crippen MR) is 225 cm³/mol. The average Bonchev–Trinajstić information content (AvgIpc) is 3.66. The van der Waals surface area contributed by atoms with Crippen LogP contribution in [0.15, 0.2) is 205 Å². The number of nitrogens with zero attached hydrogens (tertiary/aromatic N) is 3. The smallest absolute Gasteiger partial charge is 0.164 e. The highest BCUT2D eigenvalue weighted by Gasteiger charge is 2.17. The minimum atomic E-state index is 0.581. The minimum Gasteiger partial charge on any atom is -0.456 e. The average molecular weight is 704 g/mol. The third kappa shape index (κ3) is 6.26. The third-order valence-corrected chi connectivity index (χ3v) is 10.2. The minimum absolute atomic E-state index is 0.581. The Kier molecular flexibility index (Phi) is 8.12. The van der Waals surface area contributed by atoms with Crippen LogP contribution in [0.5, 0.6) is 0 Å². The summed E-state index contributed by atoms with van der Waals surface area (Å²) in [6.07, 6.45) is 0. The van der Waals surface area contributed by atoms with Gasteiger partial charge in [-0.15, -0.1) is 0 Å². The maximum absolute atomic E-state index is 6.48. The number of hydrogen-bond donors (Lipinski definition) is 0. The molecule has 4 nitrogen and oxygen atoms in total. The second-order valence-electron chi connectivity index (χ2n) is 13.6. The quantitative estimate of drug-likeness (QED) is 0.166. The van der Waals surface area contributed by atoms with Crippen LogP contribution >= 0.6 is 0 Å². The summed E-state index contributed by atoms with van der Waals surface area (Å²) >= 11 is 0. The number of benzene rings is 8. The van der Waals surface area contributed by atoms with Gasteiger partial charge in [0.1, 0.15) is 11.2 Å². The van der Waals surface area contributed by atoms with Crippen LogP contribution in [0.1, 0.15) is 0 Å². The van der Waals surface area contributed by atoms with E-state index in [1.54, 1.807) is 0 Å². The summed E-state index contributed by atoms with van der Waals surface area (Å²) in [5.74, 6) is 1.79. The lowest BCUT2D eigenvalue weighted by atomic mass is 9.98. The van der Waals surface area contributed by atoms with Crippen LogP contribution in [0.25, 0.3) is 101 Å². The van der Waals surface area contributed by atoms with Crippen molar-refractivity contribution in [3.63, 3.8) is 0 Å². The Hall–Kier alpha value is -7.43. The summed E-state index contributed by atoms with van der Waals surface area (Å²) in [5.41, 5.74) is 13.6. The molecule has 55 heavy (non-hydrogen) atoms. The SMILES string of the molecule is c1ccc(-c2ccc(-c3nc(-c4ccc(-c5cccc(-c6ccccc6)c5)cc4)nc(-c4ccc5c(c4)oc4cccc(-c6ccccc6)c45)n3)cc2)cc1. The molecule has 0 radical (unpaired) electrons. The largest absolute Gasteiger partial charge is 0.456 e. The fraction of sp³-hybridized carbons (Fsp3) is 0. The van der Waals surface area contributed by atoms with Crippen molar-refractivity contribution < 1.29 is 4.42 Å². The van der Waals surface area contributed by atoms with E-state index in [0.717, 1.165) is 72.0 Å². The fourth-order valence-electron chi connectivity index (χ4n) is 7.35. The molecule has 4 heteroatoms. The lowest BCUT2D eigenvalue weighted by molar-refractivity contribution is 0.669. The Balaban J connectivity index is 1.06. The van der Waals surface area contributed by atoms with Crippen molar-refractivity contribution in [3.8, 4) is 78.7 Å². The van der Waals surface area contributed by atoms with E-state index in [-0.39, 0.29) is 0 Å². The van der Waals surface area contributed by atoms with Crippen molar-refractivity contribution in [2.45, 2.75) is 0 Å². The summed E-state index contributed by atoms with van der Waals surface area (Å²) in [6, 6.07) is 69.3. The third-order valence-electron chi connectivity index (χ3n) is 10.2. The number of fused-ring (bicyclic) bond motifs is 3. The first kappa shape index (κ1) is 32.2. The topological polar surface area (TPSA) is 51.8 Å². The van der Waals surface area contributed by atoms with Crippen molar-refractivity contribution in [3.05, 3.63) is 200 Å². The van der Waals surface area contributed by atoms with Gasteiger partial charge in [0.25, 0.3) is 0 Å². The lowest BCUT2D eigenvalue weighted by Crippen LogP contribution is -2.00. The number of hydrogen-bond acceptors (Lipinski definition) is 4. The van der Waals surface area contributed by atoms with Crippen LogP contribution in [0.2, 0.25) is 0 Å². The Morgan fingerprint density at radius 3 is 1.27 bits per heavy atom. The Labute approximate surface area is 319 Å². The van der Waals surface area contributed by atoms with Gasteiger partial charge < -0.3 is 4.42 Å². The molecule has 0 bridgehead atoms. The van der Waals surface area contributed by atoms with Crippen LogP contribution in [0.3, 0.4) is 0 Å². The fourth-order valence-corrected chi connectivity index (χ4v) is 7.35. The Bertz CT molecular complexity index is 2940. The summed E-state index contributed by atoms with van der Waals surface area (Å²) < 4.78 is 6.48. The first-order valence-corrected chi connectivity index (χ1v) is 18.4. The molecule has 0 atom stereocenters. The van der Waals surface area contributed by atoms with Gasteiger partial charge >= 0.3 is 0 Å². The maximum atomic E-state index is 6.48. The highest BCUT2D eigenvalue weighted by molar-refractivity contribution is 6.13. The summed E-state index contributed by atoms with van der Waals surface area (Å²) in [5, 5.41) is 2.15. The Morgan fingerprint density at radius 2 is 0.691 bits per heavy atom. The molecule has 0 saturated heterocycles. The first-order chi connectivity index (χ1) is 27.2. The van der Waals surface area contributed by atoms with Crippen molar-refractivity contribution >= 4 is 21.9 Å². The van der Waals surface area contributed by atoms with Crippen LogP contribution in [-0.4, -0.2) is 15.0 Å². The summed E-state index contributed by atoms with van der Waals surface area (Å²) in [6.45, 7) is 0. The highest BCUT2D eigenvalue weighted by atomic mass is 16.3. The molecule has 0 aliphatic heterocycles. The van der Waals surface area contributed by atoms with E-state index in [2.05, 4.69) is 164 Å². The predicted octanol–water partition coefficient (Wildman–Crippen LogP) is 13.4. The normalized spacial score (nSPS) is 11.3. The molecule has 0 aliphatic carbocycles. The molecule has 2 heterocycles. The molecule has 10 rings (SSSR count). The van der Waals surface area contributed by atoms with Gasteiger partial charge in [-0.1, -0.05) is 176 Å². The van der Waals surface area contributed by atoms with Crippen LogP contribution in [-0.2, 0) is 0 Å². The van der Waals surface area contributed by atoms with E-state index in [0.29, 0.717) is 17.5 Å². The standard InChI is InChI=1S/C51H33N3O/c1-4-12-34(13-5-1)36-22-26-39(27-23-36)49-52-50(40-28-24-37(25-29-40)42-19-10-18-41(32-42)35-14-6-2-7-15-35)54-51(53-49)43-30-31-45-47(33-43)55-46-21-11-20-44(48(45)46)38-16-8-3-9-17-38/h1-33H. The zero-order chi connectivity index (χ0) is 36.6. The zero-order valence-electron chi connectivity index (χ0n) is 29.8. The van der Waals surface area contributed by atoms with Crippen molar-refractivity contribution in [2.24, 2.45) is 0 Å². The molecule has 0 saturated carbocycles. The van der Waals surface area contributed by atoms with Crippen molar-refractivity contribution in [2.75, 3.05) is 0 Å². The van der Waals surface area contributed by atoms with Crippen molar-refractivity contribution in [1.29, 1.82) is 0 Å². The molecule has 8 aromatic carbocycles. The summed E-state index contributed by atoms with van der Waals surface area (Å²) in [4.78, 5) is 15.2. The van der Waals surface area contributed by atoms with Gasteiger partial charge in [0.15, 0.2) is 17.5 Å². The van der Waals surface area contributed by atoms with Crippen molar-refractivity contribution in [1.82, 2.24) is 15.0 Å². The van der Waals surface area contributed by atoms with E-state index >= 15 is 0 Å². The number of aromatic nitrogens is 3. The molecular formula is C51H33N3O. The molecule has 0 fully saturated rings. The number of rotatable bonds is 7. The molecule has 0 amide bonds. The number of furan rings is 1. The van der Waals surface area contributed by atoms with Gasteiger partial charge in [0.2, 0.25) is 0 Å². The summed E-state index contributed by atoms with van der Waals surface area (Å²) in [7, 11) is 0. The van der Waals surface area contributed by atoms with E-state index in [9.17, 15) is 0 Å². The molecule has 0 spiro atoms. The molecular weight excluding hydrogens is 671 g/mol. The van der Waals surface area contributed by atoms with Gasteiger partial charge in [0.05, 0.1) is 0 Å². The van der Waals surface area contributed by atoms with Gasteiger partial charge in [-0.2, -0.15) is 0 Å².